The minimum atomic E-state index is 0. The predicted molar refractivity (Wildman–Crippen MR) is 46.1 cm³/mol. The summed E-state index contributed by atoms with van der Waals surface area (Å²) in [6, 6.07) is 0. The summed E-state index contributed by atoms with van der Waals surface area (Å²) in [5, 5.41) is 0. The maximum atomic E-state index is 5.04. The first-order valence-electron chi connectivity index (χ1n) is 3.70. The molecule has 0 rings (SSSR count). The second kappa shape index (κ2) is 9.21. The van der Waals surface area contributed by atoms with Crippen LogP contribution < -0.4 is 5.90 Å². The lowest BCUT2D eigenvalue weighted by atomic mass is 10.1. The Morgan fingerprint density at radius 1 is 1.20 bits per heavy atom. The Hall–Kier alpha value is 0.210. The van der Waals surface area contributed by atoms with Gasteiger partial charge in [-0.15, -0.1) is 12.4 Å². The van der Waals surface area contributed by atoms with E-state index in [0.717, 1.165) is 25.7 Å². The van der Waals surface area contributed by atoms with Crippen molar-refractivity contribution in [3.63, 3.8) is 0 Å². The van der Waals surface area contributed by atoms with Crippen LogP contribution in [0.3, 0.4) is 0 Å². The summed E-state index contributed by atoms with van der Waals surface area (Å²) < 4.78 is 0. The number of rotatable bonds is 5. The maximum Gasteiger partial charge on any atom is 0.0787 e. The van der Waals surface area contributed by atoms with Crippen LogP contribution in [0.25, 0.3) is 0 Å². The highest BCUT2D eigenvalue weighted by Gasteiger charge is 2.03. The summed E-state index contributed by atoms with van der Waals surface area (Å²) in [6.45, 7) is 4.28. The number of nitrogens with two attached hydrogens (primary N) is 1. The van der Waals surface area contributed by atoms with Gasteiger partial charge in [0.1, 0.15) is 0 Å². The molecule has 0 unspecified atom stereocenters. The first-order valence-corrected chi connectivity index (χ1v) is 3.70. The lowest BCUT2D eigenvalue weighted by Crippen LogP contribution is -2.16. The molecule has 0 aromatic heterocycles. The Balaban J connectivity index is 0. The SMILES string of the molecule is CCCC(CCC)ON.Cl. The fourth-order valence-electron chi connectivity index (χ4n) is 0.924. The average molecular weight is 168 g/mol. The zero-order chi connectivity index (χ0) is 7.11. The first kappa shape index (κ1) is 12.8. The van der Waals surface area contributed by atoms with E-state index in [4.69, 9.17) is 10.7 Å². The van der Waals surface area contributed by atoms with Gasteiger partial charge in [0.05, 0.1) is 6.10 Å². The second-order valence-corrected chi connectivity index (χ2v) is 2.34. The third kappa shape index (κ3) is 6.33. The summed E-state index contributed by atoms with van der Waals surface area (Å²) in [5.41, 5.74) is 0. The van der Waals surface area contributed by atoms with Crippen LogP contribution in [0.2, 0.25) is 0 Å². The van der Waals surface area contributed by atoms with Gasteiger partial charge in [-0.1, -0.05) is 26.7 Å². The minimum Gasteiger partial charge on any atom is -0.301 e. The smallest absolute Gasteiger partial charge is 0.0787 e. The molecular weight excluding hydrogens is 150 g/mol. The zero-order valence-corrected chi connectivity index (χ0v) is 7.62. The molecule has 0 aliphatic rings. The molecule has 0 heterocycles. The van der Waals surface area contributed by atoms with Crippen molar-refractivity contribution in [2.24, 2.45) is 5.90 Å². The molecule has 0 fully saturated rings. The van der Waals surface area contributed by atoms with Gasteiger partial charge < -0.3 is 4.84 Å². The largest absolute Gasteiger partial charge is 0.301 e. The van der Waals surface area contributed by atoms with Crippen molar-refractivity contribution in [2.45, 2.75) is 45.6 Å². The summed E-state index contributed by atoms with van der Waals surface area (Å²) in [6.07, 6.45) is 4.78. The third-order valence-electron chi connectivity index (χ3n) is 1.41. The van der Waals surface area contributed by atoms with Crippen LogP contribution in [0.5, 0.6) is 0 Å². The molecule has 10 heavy (non-hydrogen) atoms. The Kier molecular flexibility index (Phi) is 11.8. The minimum absolute atomic E-state index is 0. The summed E-state index contributed by atoms with van der Waals surface area (Å²) in [5.74, 6) is 5.04. The van der Waals surface area contributed by atoms with Crippen LogP contribution in [-0.4, -0.2) is 6.10 Å². The summed E-state index contributed by atoms with van der Waals surface area (Å²) in [7, 11) is 0. The average Bonchev–Trinajstić information content (AvgIpc) is 1.88. The molecule has 0 spiro atoms. The van der Waals surface area contributed by atoms with E-state index in [-0.39, 0.29) is 12.4 Å². The Labute approximate surface area is 69.5 Å². The van der Waals surface area contributed by atoms with E-state index in [1.165, 1.54) is 0 Å². The van der Waals surface area contributed by atoms with Gasteiger partial charge in [0, 0.05) is 0 Å². The fraction of sp³-hybridized carbons (Fsp3) is 1.00. The van der Waals surface area contributed by atoms with Gasteiger partial charge in [0.15, 0.2) is 0 Å². The van der Waals surface area contributed by atoms with Crippen LogP contribution in [0, 0.1) is 0 Å². The highest BCUT2D eigenvalue weighted by atomic mass is 35.5. The predicted octanol–water partition coefficient (Wildman–Crippen LogP) is 2.27. The lowest BCUT2D eigenvalue weighted by Gasteiger charge is -2.10. The third-order valence-corrected chi connectivity index (χ3v) is 1.41. The monoisotopic (exact) mass is 167 g/mol. The molecule has 0 atom stereocenters. The molecule has 0 aromatic carbocycles. The zero-order valence-electron chi connectivity index (χ0n) is 6.80. The van der Waals surface area contributed by atoms with Crippen molar-refractivity contribution in [3.05, 3.63) is 0 Å². The molecule has 64 valence electrons. The molecule has 0 saturated heterocycles. The van der Waals surface area contributed by atoms with Gasteiger partial charge in [0.25, 0.3) is 0 Å². The van der Waals surface area contributed by atoms with E-state index in [2.05, 4.69) is 13.8 Å². The van der Waals surface area contributed by atoms with Crippen LogP contribution in [-0.2, 0) is 4.84 Å². The quantitative estimate of drug-likeness (QED) is 0.638. The van der Waals surface area contributed by atoms with E-state index in [0.29, 0.717) is 6.10 Å². The summed E-state index contributed by atoms with van der Waals surface area (Å²) in [4.78, 5) is 4.73. The van der Waals surface area contributed by atoms with E-state index >= 15 is 0 Å². The number of hydrogen-bond donors (Lipinski definition) is 1. The van der Waals surface area contributed by atoms with Gasteiger partial charge in [-0.25, -0.2) is 5.90 Å². The van der Waals surface area contributed by atoms with Crippen LogP contribution in [0.1, 0.15) is 39.5 Å². The molecule has 0 saturated carbocycles. The number of hydrogen-bond acceptors (Lipinski definition) is 2. The van der Waals surface area contributed by atoms with Crippen LogP contribution >= 0.6 is 12.4 Å². The van der Waals surface area contributed by atoms with Gasteiger partial charge in [-0.3, -0.25) is 0 Å². The van der Waals surface area contributed by atoms with Crippen molar-refractivity contribution in [3.8, 4) is 0 Å². The Bertz CT molecular complexity index is 55.6. The molecule has 3 heteroatoms. The normalized spacial score (nSPS) is 9.60. The Morgan fingerprint density at radius 2 is 1.60 bits per heavy atom. The van der Waals surface area contributed by atoms with E-state index in [9.17, 15) is 0 Å². The van der Waals surface area contributed by atoms with Crippen LogP contribution in [0.4, 0.5) is 0 Å². The summed E-state index contributed by atoms with van der Waals surface area (Å²) >= 11 is 0. The molecule has 0 aliphatic carbocycles. The topological polar surface area (TPSA) is 35.2 Å². The highest BCUT2D eigenvalue weighted by Crippen LogP contribution is 2.05. The number of halogens is 1. The van der Waals surface area contributed by atoms with Gasteiger partial charge >= 0.3 is 0 Å². The van der Waals surface area contributed by atoms with Gasteiger partial charge in [-0.05, 0) is 12.8 Å². The van der Waals surface area contributed by atoms with E-state index in [1.807, 2.05) is 0 Å². The molecular formula is C7H18ClNO. The van der Waals surface area contributed by atoms with Crippen LogP contribution in [0.15, 0.2) is 0 Å². The highest BCUT2D eigenvalue weighted by molar-refractivity contribution is 5.85. The van der Waals surface area contributed by atoms with Gasteiger partial charge in [0.2, 0.25) is 0 Å². The molecule has 0 bridgehead atoms. The molecule has 0 amide bonds. The van der Waals surface area contributed by atoms with E-state index < -0.39 is 0 Å². The fourth-order valence-corrected chi connectivity index (χ4v) is 0.924. The lowest BCUT2D eigenvalue weighted by molar-refractivity contribution is 0.0405. The maximum absolute atomic E-state index is 5.04. The van der Waals surface area contributed by atoms with Crippen molar-refractivity contribution >= 4 is 12.4 Å². The van der Waals surface area contributed by atoms with Crippen molar-refractivity contribution in [2.75, 3.05) is 0 Å². The standard InChI is InChI=1S/C7H17NO.ClH/c1-3-5-7(9-8)6-4-2;/h7H,3-6,8H2,1-2H3;1H. The first-order chi connectivity index (χ1) is 4.35. The van der Waals surface area contributed by atoms with Crippen molar-refractivity contribution in [1.82, 2.24) is 0 Å². The van der Waals surface area contributed by atoms with Gasteiger partial charge in [-0.2, -0.15) is 0 Å². The molecule has 2 N–H and O–H groups in total. The van der Waals surface area contributed by atoms with E-state index in [1.54, 1.807) is 0 Å². The second-order valence-electron chi connectivity index (χ2n) is 2.34. The Morgan fingerprint density at radius 3 is 1.80 bits per heavy atom. The van der Waals surface area contributed by atoms with Crippen molar-refractivity contribution < 1.29 is 4.84 Å². The molecule has 0 aliphatic heterocycles. The molecule has 0 radical (unpaired) electrons. The molecule has 2 nitrogen and oxygen atoms in total. The van der Waals surface area contributed by atoms with Crippen molar-refractivity contribution in [1.29, 1.82) is 0 Å². The molecule has 0 aromatic rings.